The van der Waals surface area contributed by atoms with E-state index in [1.54, 1.807) is 4.31 Å². The molecule has 0 aliphatic carbocycles. The predicted molar refractivity (Wildman–Crippen MR) is 78.8 cm³/mol. The first-order valence-electron chi connectivity index (χ1n) is 6.65. The van der Waals surface area contributed by atoms with Gasteiger partial charge < -0.3 is 5.32 Å². The molecule has 6 heteroatoms. The van der Waals surface area contributed by atoms with Crippen LogP contribution < -0.4 is 5.32 Å². The van der Waals surface area contributed by atoms with Crippen molar-refractivity contribution in [2.75, 3.05) is 25.9 Å². The van der Waals surface area contributed by atoms with Crippen LogP contribution in [0, 0.1) is 5.92 Å². The first-order chi connectivity index (χ1) is 8.01. The number of nitrogens with zero attached hydrogens (tertiary/aromatic N) is 1. The van der Waals surface area contributed by atoms with Gasteiger partial charge >= 0.3 is 0 Å². The minimum absolute atomic E-state index is 0. The van der Waals surface area contributed by atoms with Gasteiger partial charge in [0.15, 0.2) is 0 Å². The molecule has 2 atom stereocenters. The molecule has 2 unspecified atom stereocenters. The fraction of sp³-hybridized carbons (Fsp3) is 1.00. The van der Waals surface area contributed by atoms with Crippen molar-refractivity contribution in [2.45, 2.75) is 45.6 Å². The van der Waals surface area contributed by atoms with Gasteiger partial charge in [0.05, 0.1) is 5.75 Å². The van der Waals surface area contributed by atoms with Crippen LogP contribution >= 0.6 is 12.4 Å². The number of nitrogens with one attached hydrogen (secondary N) is 1. The molecule has 1 aliphatic rings. The standard InChI is InChI=1S/C12H26N2O2S.ClH/c1-4-6-11(2)10-17(15,16)14-8-5-7-12(14)9-13-3;/h11-13H,4-10H2,1-3H3;1H. The SMILES string of the molecule is CCCC(C)CS(=O)(=O)N1CCCC1CNC.Cl. The molecule has 1 fully saturated rings. The van der Waals surface area contributed by atoms with Crippen molar-refractivity contribution < 1.29 is 8.42 Å². The molecule has 0 aromatic carbocycles. The monoisotopic (exact) mass is 298 g/mol. The molecule has 110 valence electrons. The average molecular weight is 299 g/mol. The zero-order valence-corrected chi connectivity index (χ0v) is 13.3. The van der Waals surface area contributed by atoms with E-state index in [0.29, 0.717) is 12.3 Å². The van der Waals surface area contributed by atoms with Gasteiger partial charge in [-0.25, -0.2) is 8.42 Å². The van der Waals surface area contributed by atoms with Gasteiger partial charge in [0.25, 0.3) is 0 Å². The molecule has 1 heterocycles. The molecule has 0 saturated carbocycles. The van der Waals surface area contributed by atoms with Gasteiger partial charge in [-0.1, -0.05) is 20.3 Å². The maximum Gasteiger partial charge on any atom is 0.214 e. The number of rotatable bonds is 7. The predicted octanol–water partition coefficient (Wildman–Crippen LogP) is 1.86. The third-order valence-electron chi connectivity index (χ3n) is 3.40. The van der Waals surface area contributed by atoms with Gasteiger partial charge in [-0.2, -0.15) is 4.31 Å². The minimum atomic E-state index is -3.06. The summed E-state index contributed by atoms with van der Waals surface area (Å²) in [5, 5.41) is 3.08. The molecule has 1 saturated heterocycles. The number of hydrogen-bond donors (Lipinski definition) is 1. The number of sulfonamides is 1. The van der Waals surface area contributed by atoms with E-state index in [1.807, 2.05) is 14.0 Å². The van der Waals surface area contributed by atoms with Crippen molar-refractivity contribution in [2.24, 2.45) is 5.92 Å². The summed E-state index contributed by atoms with van der Waals surface area (Å²) in [5.74, 6) is 0.571. The second kappa shape index (κ2) is 8.35. The highest BCUT2D eigenvalue weighted by atomic mass is 35.5. The first-order valence-corrected chi connectivity index (χ1v) is 8.26. The number of likely N-dealkylation sites (N-methyl/N-ethyl adjacent to an activating group) is 1. The molecule has 1 rings (SSSR count). The molecular formula is C12H27ClN2O2S. The Bertz CT molecular complexity index is 322. The topological polar surface area (TPSA) is 49.4 Å². The quantitative estimate of drug-likeness (QED) is 0.780. The Kier molecular flexibility index (Phi) is 8.43. The van der Waals surface area contributed by atoms with Crippen LogP contribution in [0.3, 0.4) is 0 Å². The molecule has 0 aromatic heterocycles. The zero-order valence-electron chi connectivity index (χ0n) is 11.7. The van der Waals surface area contributed by atoms with Crippen LogP contribution in [0.25, 0.3) is 0 Å². The summed E-state index contributed by atoms with van der Waals surface area (Å²) in [4.78, 5) is 0. The van der Waals surface area contributed by atoms with E-state index < -0.39 is 10.0 Å². The highest BCUT2D eigenvalue weighted by Crippen LogP contribution is 2.23. The van der Waals surface area contributed by atoms with Crippen LogP contribution in [0.2, 0.25) is 0 Å². The van der Waals surface area contributed by atoms with Crippen molar-refractivity contribution in [1.29, 1.82) is 0 Å². The maximum atomic E-state index is 12.3. The van der Waals surface area contributed by atoms with E-state index in [0.717, 1.165) is 32.2 Å². The fourth-order valence-electron chi connectivity index (χ4n) is 2.65. The van der Waals surface area contributed by atoms with Crippen LogP contribution in [0.5, 0.6) is 0 Å². The van der Waals surface area contributed by atoms with Gasteiger partial charge in [0.2, 0.25) is 10.0 Å². The van der Waals surface area contributed by atoms with E-state index in [9.17, 15) is 8.42 Å². The summed E-state index contributed by atoms with van der Waals surface area (Å²) in [6.45, 7) is 5.60. The lowest BCUT2D eigenvalue weighted by Gasteiger charge is -2.25. The summed E-state index contributed by atoms with van der Waals surface area (Å²) < 4.78 is 26.3. The molecule has 0 aromatic rings. The fourth-order valence-corrected chi connectivity index (χ4v) is 4.77. The van der Waals surface area contributed by atoms with Gasteiger partial charge in [-0.15, -0.1) is 12.4 Å². The largest absolute Gasteiger partial charge is 0.318 e. The maximum absolute atomic E-state index is 12.3. The van der Waals surface area contributed by atoms with Crippen molar-refractivity contribution in [1.82, 2.24) is 9.62 Å². The van der Waals surface area contributed by atoms with Crippen molar-refractivity contribution >= 4 is 22.4 Å². The van der Waals surface area contributed by atoms with Gasteiger partial charge in [-0.05, 0) is 32.2 Å². The summed E-state index contributed by atoms with van der Waals surface area (Å²) in [7, 11) is -1.18. The Morgan fingerprint density at radius 2 is 2.11 bits per heavy atom. The lowest BCUT2D eigenvalue weighted by atomic mass is 10.1. The van der Waals surface area contributed by atoms with Crippen molar-refractivity contribution in [3.8, 4) is 0 Å². The van der Waals surface area contributed by atoms with Crippen LogP contribution in [-0.2, 0) is 10.0 Å². The third kappa shape index (κ3) is 5.03. The molecule has 18 heavy (non-hydrogen) atoms. The lowest BCUT2D eigenvalue weighted by Crippen LogP contribution is -2.42. The zero-order chi connectivity index (χ0) is 12.9. The Morgan fingerprint density at radius 3 is 2.67 bits per heavy atom. The van der Waals surface area contributed by atoms with Crippen molar-refractivity contribution in [3.05, 3.63) is 0 Å². The minimum Gasteiger partial charge on any atom is -0.318 e. The van der Waals surface area contributed by atoms with Crippen LogP contribution in [0.4, 0.5) is 0 Å². The van der Waals surface area contributed by atoms with Gasteiger partial charge in [0.1, 0.15) is 0 Å². The van der Waals surface area contributed by atoms with Crippen LogP contribution in [0.15, 0.2) is 0 Å². The molecule has 1 N–H and O–H groups in total. The number of halogens is 1. The Balaban J connectivity index is 0.00000289. The van der Waals surface area contributed by atoms with Crippen LogP contribution in [-0.4, -0.2) is 44.7 Å². The molecule has 0 spiro atoms. The van der Waals surface area contributed by atoms with E-state index in [-0.39, 0.29) is 24.4 Å². The lowest BCUT2D eigenvalue weighted by molar-refractivity contribution is 0.374. The smallest absolute Gasteiger partial charge is 0.214 e. The highest BCUT2D eigenvalue weighted by molar-refractivity contribution is 7.89. The van der Waals surface area contributed by atoms with E-state index in [1.165, 1.54) is 0 Å². The Hall–Kier alpha value is 0.160. The number of hydrogen-bond acceptors (Lipinski definition) is 3. The highest BCUT2D eigenvalue weighted by Gasteiger charge is 2.34. The molecule has 0 amide bonds. The van der Waals surface area contributed by atoms with E-state index >= 15 is 0 Å². The second-order valence-electron chi connectivity index (χ2n) is 5.14. The van der Waals surface area contributed by atoms with E-state index in [4.69, 9.17) is 0 Å². The molecule has 1 aliphatic heterocycles. The normalized spacial score (nSPS) is 22.7. The third-order valence-corrected chi connectivity index (χ3v) is 5.58. The van der Waals surface area contributed by atoms with Crippen molar-refractivity contribution in [3.63, 3.8) is 0 Å². The molecule has 4 nitrogen and oxygen atoms in total. The Labute approximate surface area is 118 Å². The molecular weight excluding hydrogens is 272 g/mol. The summed E-state index contributed by atoms with van der Waals surface area (Å²) in [6.07, 6.45) is 4.02. The van der Waals surface area contributed by atoms with Gasteiger partial charge in [-0.3, -0.25) is 0 Å². The van der Waals surface area contributed by atoms with Gasteiger partial charge in [0, 0.05) is 19.1 Å². The summed E-state index contributed by atoms with van der Waals surface area (Å²) in [6, 6.07) is 0.166. The van der Waals surface area contributed by atoms with E-state index in [2.05, 4.69) is 12.2 Å². The molecule has 0 radical (unpaired) electrons. The molecule has 0 bridgehead atoms. The van der Waals surface area contributed by atoms with Crippen LogP contribution in [0.1, 0.15) is 39.5 Å². The second-order valence-corrected chi connectivity index (χ2v) is 7.10. The average Bonchev–Trinajstić information content (AvgIpc) is 2.66. The first kappa shape index (κ1) is 18.2. The summed E-state index contributed by atoms with van der Waals surface area (Å²) in [5.41, 5.74) is 0. The summed E-state index contributed by atoms with van der Waals surface area (Å²) >= 11 is 0. The Morgan fingerprint density at radius 1 is 1.44 bits per heavy atom.